The lowest BCUT2D eigenvalue weighted by atomic mass is 9.98. The van der Waals surface area contributed by atoms with E-state index in [1.807, 2.05) is 13.8 Å². The third-order valence-electron chi connectivity index (χ3n) is 3.23. The van der Waals surface area contributed by atoms with Crippen molar-refractivity contribution in [2.75, 3.05) is 46.5 Å². The van der Waals surface area contributed by atoms with E-state index in [1.165, 1.54) is 0 Å². The first-order chi connectivity index (χ1) is 9.72. The predicted molar refractivity (Wildman–Crippen MR) is 78.8 cm³/mol. The maximum atomic E-state index is 11.9. The zero-order chi connectivity index (χ0) is 14.8. The van der Waals surface area contributed by atoms with Crippen molar-refractivity contribution >= 4 is 11.9 Å². The molecule has 1 fully saturated rings. The lowest BCUT2D eigenvalue weighted by molar-refractivity contribution is -0.149. The van der Waals surface area contributed by atoms with Gasteiger partial charge in [-0.3, -0.25) is 9.79 Å². The Balaban J connectivity index is 2.61. The molecule has 0 amide bonds. The number of ether oxygens (including phenoxy) is 2. The molecule has 0 radical (unpaired) electrons. The molecule has 1 rings (SSSR count). The highest BCUT2D eigenvalue weighted by Gasteiger charge is 2.28. The minimum Gasteiger partial charge on any atom is -0.466 e. The molecule has 0 aliphatic carbocycles. The minimum atomic E-state index is -0.0926. The number of nitrogens with zero attached hydrogens (tertiary/aromatic N) is 2. The van der Waals surface area contributed by atoms with E-state index in [1.54, 1.807) is 7.11 Å². The zero-order valence-electron chi connectivity index (χ0n) is 12.9. The minimum absolute atomic E-state index is 0.0463. The van der Waals surface area contributed by atoms with Crippen LogP contribution in [0.4, 0.5) is 0 Å². The Kier molecular flexibility index (Phi) is 8.02. The second-order valence-corrected chi connectivity index (χ2v) is 4.77. The van der Waals surface area contributed by atoms with Crippen LogP contribution >= 0.6 is 0 Å². The van der Waals surface area contributed by atoms with Gasteiger partial charge in [-0.1, -0.05) is 0 Å². The smallest absolute Gasteiger partial charge is 0.310 e. The second kappa shape index (κ2) is 9.58. The third-order valence-corrected chi connectivity index (χ3v) is 3.23. The summed E-state index contributed by atoms with van der Waals surface area (Å²) in [6.45, 7) is 7.97. The number of esters is 1. The topological polar surface area (TPSA) is 63.2 Å². The van der Waals surface area contributed by atoms with Gasteiger partial charge < -0.3 is 19.7 Å². The quantitative estimate of drug-likeness (QED) is 0.340. The van der Waals surface area contributed by atoms with E-state index in [0.717, 1.165) is 31.9 Å². The Labute approximate surface area is 121 Å². The molecular formula is C14H27N3O3. The highest BCUT2D eigenvalue weighted by Crippen LogP contribution is 2.18. The molecule has 6 nitrogen and oxygen atoms in total. The first-order valence-electron chi connectivity index (χ1n) is 7.41. The van der Waals surface area contributed by atoms with Crippen LogP contribution < -0.4 is 5.32 Å². The van der Waals surface area contributed by atoms with Crippen LogP contribution in [0.1, 0.15) is 26.7 Å². The standard InChI is InChI=1S/C14H27N3O3/c1-4-15-14(16-8-10-19-3)17-9-6-7-12(11-17)13(18)20-5-2/h12H,4-11H2,1-3H3,(H,15,16). The van der Waals surface area contributed by atoms with Crippen molar-refractivity contribution in [2.24, 2.45) is 10.9 Å². The molecule has 0 aromatic carbocycles. The molecule has 6 heteroatoms. The molecule has 0 saturated carbocycles. The zero-order valence-corrected chi connectivity index (χ0v) is 12.9. The number of guanidine groups is 1. The summed E-state index contributed by atoms with van der Waals surface area (Å²) in [6.07, 6.45) is 1.88. The van der Waals surface area contributed by atoms with Crippen LogP contribution in [-0.4, -0.2) is 63.3 Å². The average molecular weight is 285 g/mol. The summed E-state index contributed by atoms with van der Waals surface area (Å²) in [5.74, 6) is 0.721. The molecule has 1 atom stereocenters. The Hall–Kier alpha value is -1.30. The first-order valence-corrected chi connectivity index (χ1v) is 7.41. The molecule has 116 valence electrons. The fourth-order valence-corrected chi connectivity index (χ4v) is 2.29. The van der Waals surface area contributed by atoms with E-state index in [2.05, 4.69) is 15.2 Å². The summed E-state index contributed by atoms with van der Waals surface area (Å²) in [5.41, 5.74) is 0. The number of aliphatic imine (C=N–C) groups is 1. The van der Waals surface area contributed by atoms with E-state index in [4.69, 9.17) is 9.47 Å². The highest BCUT2D eigenvalue weighted by molar-refractivity contribution is 5.81. The summed E-state index contributed by atoms with van der Waals surface area (Å²) >= 11 is 0. The van der Waals surface area contributed by atoms with Crippen molar-refractivity contribution in [1.82, 2.24) is 10.2 Å². The van der Waals surface area contributed by atoms with Gasteiger partial charge in [-0.25, -0.2) is 0 Å². The van der Waals surface area contributed by atoms with Crippen LogP contribution in [0, 0.1) is 5.92 Å². The summed E-state index contributed by atoms with van der Waals surface area (Å²) < 4.78 is 10.1. The molecule has 1 unspecified atom stereocenters. The van der Waals surface area contributed by atoms with Crippen molar-refractivity contribution < 1.29 is 14.3 Å². The lowest BCUT2D eigenvalue weighted by Crippen LogP contribution is -2.48. The second-order valence-electron chi connectivity index (χ2n) is 4.77. The Morgan fingerprint density at radius 1 is 1.45 bits per heavy atom. The van der Waals surface area contributed by atoms with Crippen LogP contribution in [0.25, 0.3) is 0 Å². The predicted octanol–water partition coefficient (Wildman–Crippen LogP) is 0.873. The number of likely N-dealkylation sites (tertiary alicyclic amines) is 1. The molecule has 0 bridgehead atoms. The molecule has 0 aromatic rings. The van der Waals surface area contributed by atoms with Crippen LogP contribution in [0.15, 0.2) is 4.99 Å². The van der Waals surface area contributed by atoms with Gasteiger partial charge in [-0.2, -0.15) is 0 Å². The lowest BCUT2D eigenvalue weighted by Gasteiger charge is -2.34. The van der Waals surface area contributed by atoms with Crippen molar-refractivity contribution in [1.29, 1.82) is 0 Å². The largest absolute Gasteiger partial charge is 0.466 e. The van der Waals surface area contributed by atoms with Crippen molar-refractivity contribution in [2.45, 2.75) is 26.7 Å². The van der Waals surface area contributed by atoms with Gasteiger partial charge in [0, 0.05) is 26.7 Å². The summed E-state index contributed by atoms with van der Waals surface area (Å²) in [4.78, 5) is 18.5. The van der Waals surface area contributed by atoms with Gasteiger partial charge >= 0.3 is 5.97 Å². The molecule has 1 aliphatic heterocycles. The average Bonchev–Trinajstić information content (AvgIpc) is 2.47. The van der Waals surface area contributed by atoms with E-state index >= 15 is 0 Å². The Morgan fingerprint density at radius 2 is 2.25 bits per heavy atom. The van der Waals surface area contributed by atoms with E-state index in [0.29, 0.717) is 26.3 Å². The maximum absolute atomic E-state index is 11.9. The van der Waals surface area contributed by atoms with Gasteiger partial charge in [-0.15, -0.1) is 0 Å². The maximum Gasteiger partial charge on any atom is 0.310 e. The molecule has 1 N–H and O–H groups in total. The van der Waals surface area contributed by atoms with Crippen LogP contribution in [0.3, 0.4) is 0 Å². The Morgan fingerprint density at radius 3 is 2.90 bits per heavy atom. The summed E-state index contributed by atoms with van der Waals surface area (Å²) in [5, 5.41) is 3.27. The molecule has 0 spiro atoms. The number of hydrogen-bond acceptors (Lipinski definition) is 4. The SMILES string of the molecule is CCNC(=NCCOC)N1CCCC(C(=O)OCC)C1. The van der Waals surface area contributed by atoms with Crippen LogP contribution in [0.5, 0.6) is 0 Å². The van der Waals surface area contributed by atoms with Crippen LogP contribution in [-0.2, 0) is 14.3 Å². The summed E-state index contributed by atoms with van der Waals surface area (Å²) in [6, 6.07) is 0. The van der Waals surface area contributed by atoms with E-state index in [-0.39, 0.29) is 11.9 Å². The van der Waals surface area contributed by atoms with Gasteiger partial charge in [-0.05, 0) is 26.7 Å². The fourth-order valence-electron chi connectivity index (χ4n) is 2.29. The van der Waals surface area contributed by atoms with Crippen molar-refractivity contribution in [3.05, 3.63) is 0 Å². The van der Waals surface area contributed by atoms with Gasteiger partial charge in [0.2, 0.25) is 0 Å². The van der Waals surface area contributed by atoms with E-state index < -0.39 is 0 Å². The number of carbonyl (C=O) groups excluding carboxylic acids is 1. The third kappa shape index (κ3) is 5.36. The molecule has 20 heavy (non-hydrogen) atoms. The number of carbonyl (C=O) groups is 1. The monoisotopic (exact) mass is 285 g/mol. The van der Waals surface area contributed by atoms with Gasteiger partial charge in [0.05, 0.1) is 25.7 Å². The molecule has 1 aliphatic rings. The number of rotatable bonds is 6. The van der Waals surface area contributed by atoms with Crippen molar-refractivity contribution in [3.63, 3.8) is 0 Å². The fraction of sp³-hybridized carbons (Fsp3) is 0.857. The van der Waals surface area contributed by atoms with Crippen LogP contribution in [0.2, 0.25) is 0 Å². The molecular weight excluding hydrogens is 258 g/mol. The number of methoxy groups -OCH3 is 1. The molecule has 1 heterocycles. The van der Waals surface area contributed by atoms with Gasteiger partial charge in [0.1, 0.15) is 0 Å². The number of hydrogen-bond donors (Lipinski definition) is 1. The normalized spacial score (nSPS) is 19.9. The Bertz CT molecular complexity index is 321. The van der Waals surface area contributed by atoms with Gasteiger partial charge in [0.25, 0.3) is 0 Å². The highest BCUT2D eigenvalue weighted by atomic mass is 16.5. The number of nitrogens with one attached hydrogen (secondary N) is 1. The molecule has 1 saturated heterocycles. The van der Waals surface area contributed by atoms with Crippen molar-refractivity contribution in [3.8, 4) is 0 Å². The summed E-state index contributed by atoms with van der Waals surface area (Å²) in [7, 11) is 1.67. The van der Waals surface area contributed by atoms with E-state index in [9.17, 15) is 4.79 Å². The molecule has 0 aromatic heterocycles. The number of piperidine rings is 1. The van der Waals surface area contributed by atoms with Gasteiger partial charge in [0.15, 0.2) is 5.96 Å². The first kappa shape index (κ1) is 16.8.